The summed E-state index contributed by atoms with van der Waals surface area (Å²) in [5, 5.41) is 3.64. The average molecular weight is 241 g/mol. The fourth-order valence-corrected chi connectivity index (χ4v) is 1.47. The highest BCUT2D eigenvalue weighted by Crippen LogP contribution is 2.20. The van der Waals surface area contributed by atoms with Crippen LogP contribution in [-0.4, -0.2) is 12.5 Å². The Hall–Kier alpha value is -1.22. The monoisotopic (exact) mass is 240 g/mol. The van der Waals surface area contributed by atoms with Crippen molar-refractivity contribution in [3.63, 3.8) is 0 Å². The Bertz CT molecular complexity index is 379. The molecule has 16 heavy (non-hydrogen) atoms. The van der Waals surface area contributed by atoms with E-state index in [-0.39, 0.29) is 0 Å². The minimum absolute atomic E-state index is 0.357. The summed E-state index contributed by atoms with van der Waals surface area (Å²) in [6, 6.07) is 5.21. The highest BCUT2D eigenvalue weighted by atomic mass is 35.5. The topological polar surface area (TPSA) is 55.1 Å². The Balaban J connectivity index is 2.75. The number of primary amides is 1. The quantitative estimate of drug-likeness (QED) is 0.832. The fraction of sp³-hybridized carbons (Fsp3) is 0.417. The van der Waals surface area contributed by atoms with Crippen LogP contribution in [0.4, 0.5) is 5.69 Å². The van der Waals surface area contributed by atoms with Gasteiger partial charge in [-0.1, -0.05) is 31.9 Å². The van der Waals surface area contributed by atoms with E-state index >= 15 is 0 Å². The van der Waals surface area contributed by atoms with Crippen LogP contribution in [0.3, 0.4) is 0 Å². The van der Waals surface area contributed by atoms with Crippen molar-refractivity contribution in [1.29, 1.82) is 0 Å². The van der Waals surface area contributed by atoms with E-state index in [0.717, 1.165) is 18.7 Å². The van der Waals surface area contributed by atoms with E-state index < -0.39 is 5.91 Å². The highest BCUT2D eigenvalue weighted by Gasteiger charge is 2.07. The molecule has 0 fully saturated rings. The van der Waals surface area contributed by atoms with Crippen LogP contribution in [0.5, 0.6) is 0 Å². The van der Waals surface area contributed by atoms with Gasteiger partial charge < -0.3 is 11.1 Å². The standard InChI is InChI=1S/C12H17ClN2O/c1-3-8(2)7-15-9-4-5-11(13)10(6-9)12(14)16/h4-6,8,15H,3,7H2,1-2H3,(H2,14,16). The third-order valence-corrected chi connectivity index (χ3v) is 2.91. The molecule has 1 unspecified atom stereocenters. The summed E-state index contributed by atoms with van der Waals surface area (Å²) in [6.07, 6.45) is 1.11. The number of rotatable bonds is 5. The van der Waals surface area contributed by atoms with Crippen LogP contribution in [-0.2, 0) is 0 Å². The van der Waals surface area contributed by atoms with Gasteiger partial charge in [-0.25, -0.2) is 0 Å². The molecule has 0 aliphatic rings. The van der Waals surface area contributed by atoms with E-state index in [1.165, 1.54) is 0 Å². The lowest BCUT2D eigenvalue weighted by molar-refractivity contribution is 0.100. The largest absolute Gasteiger partial charge is 0.385 e. The smallest absolute Gasteiger partial charge is 0.250 e. The molecule has 88 valence electrons. The molecular formula is C12H17ClN2O. The number of nitrogens with one attached hydrogen (secondary N) is 1. The number of carbonyl (C=O) groups is 1. The van der Waals surface area contributed by atoms with E-state index in [2.05, 4.69) is 19.2 Å². The molecule has 0 saturated heterocycles. The SMILES string of the molecule is CCC(C)CNc1ccc(Cl)c(C(N)=O)c1. The van der Waals surface area contributed by atoms with Crippen molar-refractivity contribution in [3.05, 3.63) is 28.8 Å². The van der Waals surface area contributed by atoms with E-state index in [1.54, 1.807) is 12.1 Å². The minimum atomic E-state index is -0.503. The van der Waals surface area contributed by atoms with Crippen LogP contribution in [0, 0.1) is 5.92 Å². The number of amides is 1. The Morgan fingerprint density at radius 2 is 2.25 bits per heavy atom. The molecule has 0 spiro atoms. The summed E-state index contributed by atoms with van der Waals surface area (Å²) >= 11 is 5.85. The zero-order chi connectivity index (χ0) is 12.1. The molecule has 0 saturated carbocycles. The predicted molar refractivity (Wildman–Crippen MR) is 67.9 cm³/mol. The molecule has 0 aromatic heterocycles. The third-order valence-electron chi connectivity index (χ3n) is 2.58. The number of halogens is 1. The van der Waals surface area contributed by atoms with E-state index in [1.807, 2.05) is 6.07 Å². The third kappa shape index (κ3) is 3.42. The molecule has 1 amide bonds. The van der Waals surface area contributed by atoms with Crippen molar-refractivity contribution in [2.45, 2.75) is 20.3 Å². The molecule has 3 N–H and O–H groups in total. The maximum absolute atomic E-state index is 11.1. The highest BCUT2D eigenvalue weighted by molar-refractivity contribution is 6.33. The molecule has 0 bridgehead atoms. The minimum Gasteiger partial charge on any atom is -0.385 e. The molecule has 3 nitrogen and oxygen atoms in total. The molecule has 0 radical (unpaired) electrons. The molecule has 1 rings (SSSR count). The Morgan fingerprint density at radius 1 is 1.56 bits per heavy atom. The first kappa shape index (κ1) is 12.8. The van der Waals surface area contributed by atoms with Gasteiger partial charge in [0.2, 0.25) is 5.91 Å². The van der Waals surface area contributed by atoms with Gasteiger partial charge in [0.1, 0.15) is 0 Å². The number of hydrogen-bond donors (Lipinski definition) is 2. The van der Waals surface area contributed by atoms with Crippen molar-refractivity contribution in [3.8, 4) is 0 Å². The Kier molecular flexibility index (Phi) is 4.62. The van der Waals surface area contributed by atoms with Crippen LogP contribution in [0.25, 0.3) is 0 Å². The zero-order valence-corrected chi connectivity index (χ0v) is 10.3. The summed E-state index contributed by atoms with van der Waals surface area (Å²) in [7, 11) is 0. The molecule has 1 atom stereocenters. The second kappa shape index (κ2) is 5.75. The van der Waals surface area contributed by atoms with E-state index in [4.69, 9.17) is 17.3 Å². The molecule has 1 aromatic rings. The summed E-state index contributed by atoms with van der Waals surface area (Å²) in [4.78, 5) is 11.1. The predicted octanol–water partition coefficient (Wildman–Crippen LogP) is 2.90. The van der Waals surface area contributed by atoms with Gasteiger partial charge in [-0.05, 0) is 24.1 Å². The number of carbonyl (C=O) groups excluding carboxylic acids is 1. The lowest BCUT2D eigenvalue weighted by Crippen LogP contribution is -2.14. The zero-order valence-electron chi connectivity index (χ0n) is 9.59. The van der Waals surface area contributed by atoms with Crippen LogP contribution in [0.2, 0.25) is 5.02 Å². The fourth-order valence-electron chi connectivity index (χ4n) is 1.26. The summed E-state index contributed by atoms with van der Waals surface area (Å²) < 4.78 is 0. The first-order chi connectivity index (χ1) is 7.54. The molecule has 0 heterocycles. The van der Waals surface area contributed by atoms with Gasteiger partial charge in [0, 0.05) is 12.2 Å². The molecule has 1 aromatic carbocycles. The summed E-state index contributed by atoms with van der Waals surface area (Å²) in [5.74, 6) is 0.0879. The normalized spacial score (nSPS) is 12.2. The second-order valence-electron chi connectivity index (χ2n) is 3.95. The number of nitrogens with two attached hydrogens (primary N) is 1. The number of hydrogen-bond acceptors (Lipinski definition) is 2. The van der Waals surface area contributed by atoms with E-state index in [0.29, 0.717) is 16.5 Å². The van der Waals surface area contributed by atoms with Crippen molar-refractivity contribution in [2.75, 3.05) is 11.9 Å². The van der Waals surface area contributed by atoms with Crippen LogP contribution in [0.1, 0.15) is 30.6 Å². The second-order valence-corrected chi connectivity index (χ2v) is 4.36. The van der Waals surface area contributed by atoms with Crippen molar-refractivity contribution in [2.24, 2.45) is 11.7 Å². The van der Waals surface area contributed by atoms with Gasteiger partial charge in [-0.3, -0.25) is 4.79 Å². The summed E-state index contributed by atoms with van der Waals surface area (Å²) in [5.41, 5.74) is 6.45. The number of benzene rings is 1. The molecule has 0 aliphatic heterocycles. The van der Waals surface area contributed by atoms with Crippen LogP contribution >= 0.6 is 11.6 Å². The lowest BCUT2D eigenvalue weighted by atomic mass is 10.1. The Morgan fingerprint density at radius 3 is 2.81 bits per heavy atom. The Labute approximate surface area is 101 Å². The van der Waals surface area contributed by atoms with Gasteiger partial charge in [-0.2, -0.15) is 0 Å². The molecule has 4 heteroatoms. The maximum Gasteiger partial charge on any atom is 0.250 e. The van der Waals surface area contributed by atoms with Crippen molar-refractivity contribution < 1.29 is 4.79 Å². The van der Waals surface area contributed by atoms with Crippen molar-refractivity contribution in [1.82, 2.24) is 0 Å². The van der Waals surface area contributed by atoms with Crippen molar-refractivity contribution >= 4 is 23.2 Å². The molecular weight excluding hydrogens is 224 g/mol. The van der Waals surface area contributed by atoms with Crippen LogP contribution < -0.4 is 11.1 Å². The van der Waals surface area contributed by atoms with Gasteiger partial charge in [0.25, 0.3) is 0 Å². The maximum atomic E-state index is 11.1. The first-order valence-corrected chi connectivity index (χ1v) is 5.75. The summed E-state index contributed by atoms with van der Waals surface area (Å²) in [6.45, 7) is 5.18. The van der Waals surface area contributed by atoms with Crippen LogP contribution in [0.15, 0.2) is 18.2 Å². The van der Waals surface area contributed by atoms with E-state index in [9.17, 15) is 4.79 Å². The lowest BCUT2D eigenvalue weighted by Gasteiger charge is -2.12. The van der Waals surface area contributed by atoms with Gasteiger partial charge in [-0.15, -0.1) is 0 Å². The van der Waals surface area contributed by atoms with Gasteiger partial charge in [0.05, 0.1) is 10.6 Å². The van der Waals surface area contributed by atoms with Gasteiger partial charge in [0.15, 0.2) is 0 Å². The number of anilines is 1. The molecule has 0 aliphatic carbocycles. The average Bonchev–Trinajstić information content (AvgIpc) is 2.27. The van der Waals surface area contributed by atoms with Gasteiger partial charge >= 0.3 is 0 Å². The first-order valence-electron chi connectivity index (χ1n) is 5.37.